The highest BCUT2D eigenvalue weighted by molar-refractivity contribution is 6.50. The number of aromatic nitrogens is 3. The van der Waals surface area contributed by atoms with Gasteiger partial charge in [-0.05, 0) is 24.3 Å². The van der Waals surface area contributed by atoms with E-state index in [2.05, 4.69) is 10.8 Å². The summed E-state index contributed by atoms with van der Waals surface area (Å²) in [6.45, 7) is 0.984. The average Bonchev–Trinajstić information content (AvgIpc) is 3.44. The lowest BCUT2D eigenvalue weighted by Gasteiger charge is -2.05. The van der Waals surface area contributed by atoms with Crippen molar-refractivity contribution in [2.45, 2.75) is 6.54 Å². The number of fused-ring (bicyclic) bond motifs is 2. The number of amides is 2. The summed E-state index contributed by atoms with van der Waals surface area (Å²) in [7, 11) is 1.88. The van der Waals surface area contributed by atoms with E-state index in [1.165, 1.54) is 0 Å². The third kappa shape index (κ3) is 3.78. The zero-order valence-electron chi connectivity index (χ0n) is 18.3. The highest BCUT2D eigenvalue weighted by Gasteiger charge is 2.36. The smallest absolute Gasteiger partial charge is 0.261 e. The van der Waals surface area contributed by atoms with E-state index in [0.29, 0.717) is 36.0 Å². The minimum Gasteiger partial charge on any atom is -0.395 e. The maximum absolute atomic E-state index is 13.0. The van der Waals surface area contributed by atoms with Crippen molar-refractivity contribution in [2.24, 2.45) is 7.05 Å². The highest BCUT2D eigenvalue weighted by Crippen LogP contribution is 2.38. The van der Waals surface area contributed by atoms with Crippen LogP contribution in [0.1, 0.15) is 11.3 Å². The first kappa shape index (κ1) is 22.3. The molecule has 0 spiro atoms. The van der Waals surface area contributed by atoms with Crippen LogP contribution in [0.4, 0.5) is 0 Å². The molecular weight excluding hydrogens is 458 g/mol. The van der Waals surface area contributed by atoms with Gasteiger partial charge in [0.15, 0.2) is 0 Å². The van der Waals surface area contributed by atoms with Crippen molar-refractivity contribution in [3.05, 3.63) is 64.9 Å². The molecule has 0 saturated heterocycles. The number of imide groups is 1. The van der Waals surface area contributed by atoms with Gasteiger partial charge in [0, 0.05) is 46.7 Å². The Hall–Kier alpha value is -3.50. The zero-order valence-corrected chi connectivity index (χ0v) is 19.1. The van der Waals surface area contributed by atoms with Crippen LogP contribution in [0.15, 0.2) is 48.7 Å². The van der Waals surface area contributed by atoms with E-state index in [-0.39, 0.29) is 17.8 Å². The highest BCUT2D eigenvalue weighted by atomic mass is 35.5. The second kappa shape index (κ2) is 9.03. The Morgan fingerprint density at radius 1 is 1.09 bits per heavy atom. The van der Waals surface area contributed by atoms with Crippen molar-refractivity contribution >= 4 is 56.4 Å². The van der Waals surface area contributed by atoms with Gasteiger partial charge in [-0.3, -0.25) is 24.4 Å². The minimum atomic E-state index is -0.490. The number of nitrogens with one attached hydrogen (secondary N) is 2. The summed E-state index contributed by atoms with van der Waals surface area (Å²) < 4.78 is 3.64. The lowest BCUT2D eigenvalue weighted by Crippen LogP contribution is -2.23. The summed E-state index contributed by atoms with van der Waals surface area (Å²) in [5.41, 5.74) is 5.90. The first-order valence-corrected chi connectivity index (χ1v) is 11.1. The van der Waals surface area contributed by atoms with Gasteiger partial charge < -0.3 is 9.67 Å². The average molecular weight is 480 g/mol. The Kier molecular flexibility index (Phi) is 5.93. The topological polar surface area (TPSA) is 110 Å². The van der Waals surface area contributed by atoms with Gasteiger partial charge in [0.1, 0.15) is 5.69 Å². The first-order chi connectivity index (χ1) is 16.5. The van der Waals surface area contributed by atoms with Gasteiger partial charge in [0.05, 0.1) is 36.4 Å². The standard InChI is InChI=1S/C24H22ClN5O4/c1-29-13-17(16-12-14(25)6-7-18(16)29)20-21(24(33)27-23(20)32)22-15-4-2-3-5-19(15)30(28-22)9-11-34-26-8-10-31/h2-7,12-13,26,31H,8-11H2,1H3,(H,27,32,33). The fraction of sp³-hybridized carbons (Fsp3) is 0.208. The molecule has 0 bridgehead atoms. The normalized spacial score (nSPS) is 14.1. The number of benzene rings is 2. The fourth-order valence-corrected chi connectivity index (χ4v) is 4.48. The second-order valence-electron chi connectivity index (χ2n) is 7.90. The van der Waals surface area contributed by atoms with Gasteiger partial charge in [-0.15, -0.1) is 0 Å². The van der Waals surface area contributed by atoms with Gasteiger partial charge in [0.25, 0.3) is 11.8 Å². The molecule has 1 aliphatic heterocycles. The number of aliphatic hydroxyl groups is 1. The number of para-hydroxylation sites is 1. The number of carbonyl (C=O) groups excluding carboxylic acids is 2. The lowest BCUT2D eigenvalue weighted by atomic mass is 9.97. The number of aliphatic hydroxyl groups excluding tert-OH is 1. The molecule has 0 atom stereocenters. The number of aryl methyl sites for hydroxylation is 1. The number of hydroxylamine groups is 1. The SMILES string of the molecule is Cn1cc(C2=C(c3nn(CCONCCO)c4ccccc34)C(=O)NC2=O)c2cc(Cl)ccc21. The molecule has 0 fully saturated rings. The predicted octanol–water partition coefficient (Wildman–Crippen LogP) is 2.26. The molecule has 3 N–H and O–H groups in total. The van der Waals surface area contributed by atoms with Crippen molar-refractivity contribution in [1.82, 2.24) is 25.1 Å². The molecule has 174 valence electrons. The van der Waals surface area contributed by atoms with Gasteiger partial charge in [-0.1, -0.05) is 29.8 Å². The predicted molar refractivity (Wildman–Crippen MR) is 129 cm³/mol. The first-order valence-electron chi connectivity index (χ1n) is 10.8. The molecule has 2 amide bonds. The Morgan fingerprint density at radius 2 is 1.88 bits per heavy atom. The van der Waals surface area contributed by atoms with Crippen LogP contribution in [0, 0.1) is 0 Å². The third-order valence-electron chi connectivity index (χ3n) is 5.77. The summed E-state index contributed by atoms with van der Waals surface area (Å²) in [4.78, 5) is 31.4. The zero-order chi connectivity index (χ0) is 23.8. The molecule has 0 unspecified atom stereocenters. The van der Waals surface area contributed by atoms with Crippen LogP contribution in [0.3, 0.4) is 0 Å². The second-order valence-corrected chi connectivity index (χ2v) is 8.34. The van der Waals surface area contributed by atoms with E-state index >= 15 is 0 Å². The van der Waals surface area contributed by atoms with Crippen LogP contribution in [0.2, 0.25) is 5.02 Å². The monoisotopic (exact) mass is 479 g/mol. The largest absolute Gasteiger partial charge is 0.395 e. The third-order valence-corrected chi connectivity index (χ3v) is 6.00. The van der Waals surface area contributed by atoms with E-state index in [1.807, 2.05) is 48.1 Å². The van der Waals surface area contributed by atoms with Crippen molar-refractivity contribution in [2.75, 3.05) is 19.8 Å². The van der Waals surface area contributed by atoms with E-state index in [0.717, 1.165) is 21.8 Å². The molecule has 0 aliphatic carbocycles. The van der Waals surface area contributed by atoms with Crippen LogP contribution in [0.25, 0.3) is 33.0 Å². The van der Waals surface area contributed by atoms with E-state index < -0.39 is 11.8 Å². The van der Waals surface area contributed by atoms with Crippen LogP contribution in [-0.2, 0) is 28.0 Å². The fourth-order valence-electron chi connectivity index (χ4n) is 4.31. The Labute approximate surface area is 199 Å². The van der Waals surface area contributed by atoms with Gasteiger partial charge >= 0.3 is 0 Å². The molecule has 34 heavy (non-hydrogen) atoms. The number of hydrogen-bond donors (Lipinski definition) is 3. The van der Waals surface area contributed by atoms with Crippen molar-refractivity contribution in [3.63, 3.8) is 0 Å². The molecule has 0 saturated carbocycles. The van der Waals surface area contributed by atoms with Gasteiger partial charge in [-0.2, -0.15) is 5.10 Å². The number of hydrogen-bond acceptors (Lipinski definition) is 6. The van der Waals surface area contributed by atoms with E-state index in [9.17, 15) is 9.59 Å². The molecule has 5 rings (SSSR count). The number of halogens is 1. The lowest BCUT2D eigenvalue weighted by molar-refractivity contribution is -0.122. The summed E-state index contributed by atoms with van der Waals surface area (Å²) >= 11 is 6.25. The molecule has 2 aromatic carbocycles. The summed E-state index contributed by atoms with van der Waals surface area (Å²) in [5, 5.41) is 18.1. The molecule has 1 aliphatic rings. The molecule has 3 heterocycles. The molecule has 9 nitrogen and oxygen atoms in total. The summed E-state index contributed by atoms with van der Waals surface area (Å²) in [6.07, 6.45) is 1.83. The number of rotatable bonds is 8. The Bertz CT molecular complexity index is 1470. The molecule has 10 heteroatoms. The van der Waals surface area contributed by atoms with Gasteiger partial charge in [0.2, 0.25) is 0 Å². The van der Waals surface area contributed by atoms with E-state index in [1.54, 1.807) is 16.8 Å². The maximum atomic E-state index is 13.0. The van der Waals surface area contributed by atoms with Crippen molar-refractivity contribution in [1.29, 1.82) is 0 Å². The van der Waals surface area contributed by atoms with Crippen LogP contribution in [-0.4, -0.2) is 51.0 Å². The number of nitrogens with zero attached hydrogens (tertiary/aromatic N) is 3. The van der Waals surface area contributed by atoms with Crippen LogP contribution >= 0.6 is 11.6 Å². The number of carbonyl (C=O) groups is 2. The molecule has 4 aromatic rings. The molecule has 0 radical (unpaired) electrons. The Balaban J connectivity index is 1.66. The van der Waals surface area contributed by atoms with Crippen LogP contribution < -0.4 is 10.8 Å². The molecular formula is C24H22ClN5O4. The summed E-state index contributed by atoms with van der Waals surface area (Å²) in [6, 6.07) is 13.0. The van der Waals surface area contributed by atoms with Crippen LogP contribution in [0.5, 0.6) is 0 Å². The maximum Gasteiger partial charge on any atom is 0.261 e. The molecule has 2 aromatic heterocycles. The van der Waals surface area contributed by atoms with Crippen molar-refractivity contribution in [3.8, 4) is 0 Å². The van der Waals surface area contributed by atoms with E-state index in [4.69, 9.17) is 26.6 Å². The van der Waals surface area contributed by atoms with Crippen molar-refractivity contribution < 1.29 is 19.5 Å². The quantitative estimate of drug-likeness (QED) is 0.203. The van der Waals surface area contributed by atoms with Gasteiger partial charge in [-0.25, -0.2) is 5.48 Å². The summed E-state index contributed by atoms with van der Waals surface area (Å²) in [5.74, 6) is -0.960. The Morgan fingerprint density at radius 3 is 2.71 bits per heavy atom. The minimum absolute atomic E-state index is 0.0334.